The van der Waals surface area contributed by atoms with Crippen LogP contribution >= 0.6 is 0 Å². The Morgan fingerprint density at radius 2 is 1.85 bits per heavy atom. The maximum absolute atomic E-state index is 5.45. The van der Waals surface area contributed by atoms with Gasteiger partial charge in [-0.1, -0.05) is 17.7 Å². The minimum atomic E-state index is 0.760. The molecule has 2 N–H and O–H groups in total. The minimum absolute atomic E-state index is 0.760. The van der Waals surface area contributed by atoms with Crippen molar-refractivity contribution in [1.29, 1.82) is 0 Å². The number of anilines is 1. The molecule has 0 aliphatic rings. The van der Waals surface area contributed by atoms with Crippen molar-refractivity contribution in [1.82, 2.24) is 0 Å². The van der Waals surface area contributed by atoms with Gasteiger partial charge in [-0.25, -0.2) is 0 Å². The molecule has 13 heavy (non-hydrogen) atoms. The predicted molar refractivity (Wildman–Crippen MR) is 58.1 cm³/mol. The van der Waals surface area contributed by atoms with Crippen LogP contribution in [-0.4, -0.2) is 20.1 Å². The fourth-order valence-electron chi connectivity index (χ4n) is 1.26. The van der Waals surface area contributed by atoms with Gasteiger partial charge < -0.3 is 10.6 Å². The average Bonchev–Trinajstić information content (AvgIpc) is 2.15. The lowest BCUT2D eigenvalue weighted by atomic mass is 10.2. The first-order valence-corrected chi connectivity index (χ1v) is 4.72. The number of nitrogens with two attached hydrogens (primary N) is 1. The van der Waals surface area contributed by atoms with Crippen molar-refractivity contribution in [2.24, 2.45) is 5.73 Å². The molecule has 0 bridgehead atoms. The van der Waals surface area contributed by atoms with Crippen molar-refractivity contribution in [2.45, 2.75) is 13.3 Å². The molecule has 0 fully saturated rings. The van der Waals surface area contributed by atoms with Crippen molar-refractivity contribution in [3.05, 3.63) is 29.8 Å². The van der Waals surface area contributed by atoms with E-state index < -0.39 is 0 Å². The summed E-state index contributed by atoms with van der Waals surface area (Å²) in [4.78, 5) is 2.23. The van der Waals surface area contributed by atoms with Crippen LogP contribution in [0.3, 0.4) is 0 Å². The van der Waals surface area contributed by atoms with Crippen LogP contribution in [0.4, 0.5) is 5.69 Å². The van der Waals surface area contributed by atoms with Crippen LogP contribution < -0.4 is 10.6 Å². The maximum atomic E-state index is 5.45. The molecule has 2 heteroatoms. The minimum Gasteiger partial charge on any atom is -0.375 e. The van der Waals surface area contributed by atoms with Gasteiger partial charge in [0.15, 0.2) is 0 Å². The highest BCUT2D eigenvalue weighted by Crippen LogP contribution is 2.12. The number of rotatable bonds is 4. The molecule has 1 aromatic rings. The molecule has 0 heterocycles. The molecule has 0 aliphatic carbocycles. The van der Waals surface area contributed by atoms with Gasteiger partial charge in [-0.05, 0) is 32.0 Å². The van der Waals surface area contributed by atoms with Crippen LogP contribution in [0.1, 0.15) is 12.0 Å². The van der Waals surface area contributed by atoms with E-state index in [9.17, 15) is 0 Å². The Morgan fingerprint density at radius 3 is 2.38 bits per heavy atom. The summed E-state index contributed by atoms with van der Waals surface area (Å²) in [7, 11) is 2.10. The largest absolute Gasteiger partial charge is 0.375 e. The molecular formula is C11H18N2. The number of hydrogen-bond donors (Lipinski definition) is 1. The molecule has 1 aromatic carbocycles. The van der Waals surface area contributed by atoms with E-state index in [1.165, 1.54) is 11.3 Å². The second-order valence-corrected chi connectivity index (χ2v) is 3.40. The second-order valence-electron chi connectivity index (χ2n) is 3.40. The van der Waals surface area contributed by atoms with Gasteiger partial charge in [0.2, 0.25) is 0 Å². The molecule has 72 valence electrons. The van der Waals surface area contributed by atoms with E-state index in [1.807, 2.05) is 0 Å². The van der Waals surface area contributed by atoms with Gasteiger partial charge in [-0.3, -0.25) is 0 Å². The molecule has 0 saturated carbocycles. The summed E-state index contributed by atoms with van der Waals surface area (Å²) in [6.07, 6.45) is 1.05. The Labute approximate surface area is 80.4 Å². The van der Waals surface area contributed by atoms with E-state index in [2.05, 4.69) is 43.1 Å². The Kier molecular flexibility index (Phi) is 3.77. The summed E-state index contributed by atoms with van der Waals surface area (Å²) in [6.45, 7) is 3.89. The first-order valence-electron chi connectivity index (χ1n) is 4.72. The Hall–Kier alpha value is -1.02. The van der Waals surface area contributed by atoms with Crippen LogP contribution in [0, 0.1) is 6.92 Å². The predicted octanol–water partition coefficient (Wildman–Crippen LogP) is 1.78. The van der Waals surface area contributed by atoms with Gasteiger partial charge in [-0.15, -0.1) is 0 Å². The highest BCUT2D eigenvalue weighted by molar-refractivity contribution is 5.46. The van der Waals surface area contributed by atoms with E-state index in [4.69, 9.17) is 5.73 Å². The molecule has 0 unspecified atom stereocenters. The van der Waals surface area contributed by atoms with E-state index in [-0.39, 0.29) is 0 Å². The van der Waals surface area contributed by atoms with Gasteiger partial charge in [0, 0.05) is 19.3 Å². The molecule has 0 aliphatic heterocycles. The van der Waals surface area contributed by atoms with Gasteiger partial charge in [0.25, 0.3) is 0 Å². The summed E-state index contributed by atoms with van der Waals surface area (Å²) >= 11 is 0. The van der Waals surface area contributed by atoms with Crippen molar-refractivity contribution in [3.8, 4) is 0 Å². The van der Waals surface area contributed by atoms with Crippen molar-refractivity contribution in [2.75, 3.05) is 25.0 Å². The van der Waals surface area contributed by atoms with E-state index >= 15 is 0 Å². The van der Waals surface area contributed by atoms with Gasteiger partial charge >= 0.3 is 0 Å². The fourth-order valence-corrected chi connectivity index (χ4v) is 1.26. The number of hydrogen-bond acceptors (Lipinski definition) is 2. The van der Waals surface area contributed by atoms with Crippen molar-refractivity contribution < 1.29 is 0 Å². The van der Waals surface area contributed by atoms with E-state index in [0.717, 1.165) is 19.5 Å². The summed E-state index contributed by atoms with van der Waals surface area (Å²) in [5.74, 6) is 0. The average molecular weight is 178 g/mol. The van der Waals surface area contributed by atoms with Crippen LogP contribution in [0.25, 0.3) is 0 Å². The molecule has 0 aromatic heterocycles. The topological polar surface area (TPSA) is 29.3 Å². The third-order valence-corrected chi connectivity index (χ3v) is 2.17. The van der Waals surface area contributed by atoms with Crippen LogP contribution in [0.2, 0.25) is 0 Å². The van der Waals surface area contributed by atoms with Gasteiger partial charge in [0.05, 0.1) is 0 Å². The number of benzene rings is 1. The second kappa shape index (κ2) is 4.87. The summed E-state index contributed by atoms with van der Waals surface area (Å²) in [5.41, 5.74) is 8.02. The van der Waals surface area contributed by atoms with Crippen LogP contribution in [0.15, 0.2) is 24.3 Å². The fraction of sp³-hybridized carbons (Fsp3) is 0.455. The van der Waals surface area contributed by atoms with Gasteiger partial charge in [0.1, 0.15) is 0 Å². The molecule has 1 rings (SSSR count). The molecule has 0 saturated heterocycles. The zero-order chi connectivity index (χ0) is 9.68. The first-order chi connectivity index (χ1) is 6.24. The molecule has 2 nitrogen and oxygen atoms in total. The summed E-state index contributed by atoms with van der Waals surface area (Å²) in [6, 6.07) is 8.56. The summed E-state index contributed by atoms with van der Waals surface area (Å²) < 4.78 is 0. The van der Waals surface area contributed by atoms with Crippen molar-refractivity contribution in [3.63, 3.8) is 0 Å². The first kappa shape index (κ1) is 10.1. The molecule has 0 spiro atoms. The lowest BCUT2D eigenvalue weighted by molar-refractivity contribution is 0.795. The van der Waals surface area contributed by atoms with E-state index in [1.54, 1.807) is 0 Å². The summed E-state index contributed by atoms with van der Waals surface area (Å²) in [5, 5.41) is 0. The number of nitrogens with zero attached hydrogens (tertiary/aromatic N) is 1. The number of aryl methyl sites for hydroxylation is 1. The molecule has 0 atom stereocenters. The van der Waals surface area contributed by atoms with Gasteiger partial charge in [-0.2, -0.15) is 0 Å². The highest BCUT2D eigenvalue weighted by atomic mass is 15.1. The highest BCUT2D eigenvalue weighted by Gasteiger charge is 1.98. The Morgan fingerprint density at radius 1 is 1.23 bits per heavy atom. The Bertz CT molecular complexity index is 241. The molecule has 0 amide bonds. The SMILES string of the molecule is Cc1ccc(N(C)CCCN)cc1. The van der Waals surface area contributed by atoms with Crippen LogP contribution in [0.5, 0.6) is 0 Å². The lowest BCUT2D eigenvalue weighted by Gasteiger charge is -2.18. The van der Waals surface area contributed by atoms with E-state index in [0.29, 0.717) is 0 Å². The van der Waals surface area contributed by atoms with Crippen molar-refractivity contribution >= 4 is 5.69 Å². The molecular weight excluding hydrogens is 160 g/mol. The standard InChI is InChI=1S/C11H18N2/c1-10-4-6-11(7-5-10)13(2)9-3-8-12/h4-7H,3,8-9,12H2,1-2H3. The third-order valence-electron chi connectivity index (χ3n) is 2.17. The third kappa shape index (κ3) is 3.07. The lowest BCUT2D eigenvalue weighted by Crippen LogP contribution is -2.20. The maximum Gasteiger partial charge on any atom is 0.0363 e. The zero-order valence-electron chi connectivity index (χ0n) is 8.46. The smallest absolute Gasteiger partial charge is 0.0363 e. The van der Waals surface area contributed by atoms with Crippen LogP contribution in [-0.2, 0) is 0 Å². The molecule has 0 radical (unpaired) electrons. The zero-order valence-corrected chi connectivity index (χ0v) is 8.46. The Balaban J connectivity index is 2.55. The monoisotopic (exact) mass is 178 g/mol. The quantitative estimate of drug-likeness (QED) is 0.761. The normalized spacial score (nSPS) is 10.1.